The summed E-state index contributed by atoms with van der Waals surface area (Å²) in [4.78, 5) is 0. The highest BCUT2D eigenvalue weighted by Gasteiger charge is 2.15. The van der Waals surface area contributed by atoms with Crippen LogP contribution < -0.4 is 0 Å². The first-order valence-electron chi connectivity index (χ1n) is 7.32. The van der Waals surface area contributed by atoms with Gasteiger partial charge in [0.2, 0.25) is 0 Å². The van der Waals surface area contributed by atoms with Gasteiger partial charge >= 0.3 is 0 Å². The lowest BCUT2D eigenvalue weighted by Crippen LogP contribution is -2.12. The lowest BCUT2D eigenvalue weighted by Gasteiger charge is -2.23. The zero-order chi connectivity index (χ0) is 12.7. The van der Waals surface area contributed by atoms with Crippen LogP contribution in [0.1, 0.15) is 74.1 Å². The molecule has 0 saturated heterocycles. The molecule has 0 saturated carbocycles. The van der Waals surface area contributed by atoms with E-state index in [0.29, 0.717) is 0 Å². The van der Waals surface area contributed by atoms with Crippen LogP contribution in [0.4, 0.5) is 0 Å². The molecule has 0 aromatic heterocycles. The second-order valence-electron chi connectivity index (χ2n) is 6.90. The molecule has 0 aliphatic carbocycles. The van der Waals surface area contributed by atoms with E-state index in [0.717, 1.165) is 29.6 Å². The van der Waals surface area contributed by atoms with E-state index in [1.165, 1.54) is 25.7 Å². The molecule has 0 aliphatic rings. The van der Waals surface area contributed by atoms with Gasteiger partial charge in [0.15, 0.2) is 0 Å². The maximum atomic E-state index is 2.44. The van der Waals surface area contributed by atoms with Gasteiger partial charge in [-0.3, -0.25) is 0 Å². The second-order valence-corrected chi connectivity index (χ2v) is 6.90. The SMILES string of the molecule is CC(C)CC(C)CCC(C)C(C)CC(C)C. The molecule has 16 heavy (non-hydrogen) atoms. The standard InChI is InChI=1S/C16H34/c1-12(2)10-14(5)8-9-15(6)16(7)11-13(3)4/h12-16H,8-11H2,1-7H3. The van der Waals surface area contributed by atoms with Crippen molar-refractivity contribution in [1.82, 2.24) is 0 Å². The average molecular weight is 226 g/mol. The van der Waals surface area contributed by atoms with E-state index in [4.69, 9.17) is 0 Å². The summed E-state index contributed by atoms with van der Waals surface area (Å²) < 4.78 is 0. The summed E-state index contributed by atoms with van der Waals surface area (Å²) in [6.07, 6.45) is 5.62. The summed E-state index contributed by atoms with van der Waals surface area (Å²) >= 11 is 0. The van der Waals surface area contributed by atoms with Crippen LogP contribution in [0.25, 0.3) is 0 Å². The number of hydrogen-bond donors (Lipinski definition) is 0. The number of hydrogen-bond acceptors (Lipinski definition) is 0. The molecule has 0 heterocycles. The van der Waals surface area contributed by atoms with Gasteiger partial charge in [-0.25, -0.2) is 0 Å². The predicted molar refractivity (Wildman–Crippen MR) is 75.6 cm³/mol. The smallest absolute Gasteiger partial charge is 0.0415 e. The normalized spacial score (nSPS) is 17.8. The first-order chi connectivity index (χ1) is 7.32. The Morgan fingerprint density at radius 1 is 0.562 bits per heavy atom. The maximum Gasteiger partial charge on any atom is -0.0415 e. The largest absolute Gasteiger partial charge is 0.0628 e. The highest BCUT2D eigenvalue weighted by atomic mass is 14.2. The Morgan fingerprint density at radius 2 is 1.06 bits per heavy atom. The van der Waals surface area contributed by atoms with E-state index in [2.05, 4.69) is 48.5 Å². The molecule has 0 aromatic rings. The van der Waals surface area contributed by atoms with E-state index in [-0.39, 0.29) is 0 Å². The van der Waals surface area contributed by atoms with Crippen molar-refractivity contribution in [3.05, 3.63) is 0 Å². The molecule has 3 atom stereocenters. The molecule has 0 aromatic carbocycles. The summed E-state index contributed by atoms with van der Waals surface area (Å²) in [7, 11) is 0. The van der Waals surface area contributed by atoms with Gasteiger partial charge in [0.25, 0.3) is 0 Å². The lowest BCUT2D eigenvalue weighted by molar-refractivity contribution is 0.280. The van der Waals surface area contributed by atoms with Gasteiger partial charge in [0, 0.05) is 0 Å². The Kier molecular flexibility index (Phi) is 8.14. The minimum Gasteiger partial charge on any atom is -0.0628 e. The van der Waals surface area contributed by atoms with E-state index < -0.39 is 0 Å². The molecular formula is C16H34. The van der Waals surface area contributed by atoms with Crippen molar-refractivity contribution >= 4 is 0 Å². The van der Waals surface area contributed by atoms with Crippen LogP contribution in [-0.2, 0) is 0 Å². The van der Waals surface area contributed by atoms with Crippen molar-refractivity contribution in [2.45, 2.75) is 74.1 Å². The van der Waals surface area contributed by atoms with E-state index in [1.54, 1.807) is 0 Å². The van der Waals surface area contributed by atoms with Gasteiger partial charge in [-0.15, -0.1) is 0 Å². The van der Waals surface area contributed by atoms with Crippen LogP contribution in [0.5, 0.6) is 0 Å². The van der Waals surface area contributed by atoms with Gasteiger partial charge < -0.3 is 0 Å². The van der Waals surface area contributed by atoms with Crippen molar-refractivity contribution in [2.75, 3.05) is 0 Å². The molecule has 0 fully saturated rings. The zero-order valence-corrected chi connectivity index (χ0v) is 12.7. The summed E-state index contributed by atoms with van der Waals surface area (Å²) in [5.41, 5.74) is 0. The molecule has 0 rings (SSSR count). The Labute approximate surface area is 104 Å². The molecule has 3 unspecified atom stereocenters. The third kappa shape index (κ3) is 8.19. The topological polar surface area (TPSA) is 0 Å². The summed E-state index contributed by atoms with van der Waals surface area (Å²) in [6.45, 7) is 16.6. The van der Waals surface area contributed by atoms with Crippen molar-refractivity contribution in [3.8, 4) is 0 Å². The fourth-order valence-corrected chi connectivity index (χ4v) is 2.73. The lowest BCUT2D eigenvalue weighted by atomic mass is 9.83. The average Bonchev–Trinajstić information content (AvgIpc) is 2.11. The first-order valence-corrected chi connectivity index (χ1v) is 7.32. The van der Waals surface area contributed by atoms with Crippen LogP contribution in [0, 0.1) is 29.6 Å². The van der Waals surface area contributed by atoms with Gasteiger partial charge in [0.05, 0.1) is 0 Å². The molecule has 0 N–H and O–H groups in total. The van der Waals surface area contributed by atoms with Crippen LogP contribution >= 0.6 is 0 Å². The van der Waals surface area contributed by atoms with Gasteiger partial charge in [-0.2, -0.15) is 0 Å². The van der Waals surface area contributed by atoms with Gasteiger partial charge in [0.1, 0.15) is 0 Å². The van der Waals surface area contributed by atoms with Crippen molar-refractivity contribution < 1.29 is 0 Å². The first kappa shape index (κ1) is 16.0. The minimum atomic E-state index is 0.852. The molecule has 98 valence electrons. The van der Waals surface area contributed by atoms with E-state index >= 15 is 0 Å². The molecule has 0 spiro atoms. The Hall–Kier alpha value is 0. The molecule has 0 nitrogen and oxygen atoms in total. The second kappa shape index (κ2) is 8.14. The predicted octanol–water partition coefficient (Wildman–Crippen LogP) is 5.77. The third-order valence-corrected chi connectivity index (χ3v) is 3.80. The monoisotopic (exact) mass is 226 g/mol. The molecular weight excluding hydrogens is 192 g/mol. The van der Waals surface area contributed by atoms with Crippen LogP contribution in [0.2, 0.25) is 0 Å². The van der Waals surface area contributed by atoms with Gasteiger partial charge in [-0.1, -0.05) is 61.3 Å². The molecule has 0 bridgehead atoms. The van der Waals surface area contributed by atoms with Crippen LogP contribution in [0.3, 0.4) is 0 Å². The Bertz CT molecular complexity index is 157. The Morgan fingerprint density at radius 3 is 1.50 bits per heavy atom. The van der Waals surface area contributed by atoms with E-state index in [9.17, 15) is 0 Å². The fraction of sp³-hybridized carbons (Fsp3) is 1.00. The minimum absolute atomic E-state index is 0.852. The quantitative estimate of drug-likeness (QED) is 0.493. The summed E-state index contributed by atoms with van der Waals surface area (Å²) in [5, 5.41) is 0. The van der Waals surface area contributed by atoms with E-state index in [1.807, 2.05) is 0 Å². The summed E-state index contributed by atoms with van der Waals surface area (Å²) in [5.74, 6) is 4.42. The third-order valence-electron chi connectivity index (χ3n) is 3.80. The molecule has 0 amide bonds. The van der Waals surface area contributed by atoms with Crippen molar-refractivity contribution in [3.63, 3.8) is 0 Å². The van der Waals surface area contributed by atoms with Crippen LogP contribution in [-0.4, -0.2) is 0 Å². The van der Waals surface area contributed by atoms with Crippen molar-refractivity contribution in [2.24, 2.45) is 29.6 Å². The molecule has 0 radical (unpaired) electrons. The molecule has 0 heteroatoms. The van der Waals surface area contributed by atoms with Crippen molar-refractivity contribution in [1.29, 1.82) is 0 Å². The number of rotatable bonds is 8. The Balaban J connectivity index is 3.74. The molecule has 0 aliphatic heterocycles. The highest BCUT2D eigenvalue weighted by Crippen LogP contribution is 2.26. The highest BCUT2D eigenvalue weighted by molar-refractivity contribution is 4.66. The fourth-order valence-electron chi connectivity index (χ4n) is 2.73. The maximum absolute atomic E-state index is 2.44. The zero-order valence-electron chi connectivity index (χ0n) is 12.7. The van der Waals surface area contributed by atoms with Gasteiger partial charge in [-0.05, 0) is 42.4 Å². The summed E-state index contributed by atoms with van der Waals surface area (Å²) in [6, 6.07) is 0. The van der Waals surface area contributed by atoms with Crippen LogP contribution in [0.15, 0.2) is 0 Å².